The molecule has 1 heterocycles. The van der Waals surface area contributed by atoms with Gasteiger partial charge in [0.05, 0.1) is 32.3 Å². The Labute approximate surface area is 122 Å². The van der Waals surface area contributed by atoms with Gasteiger partial charge in [-0.15, -0.1) is 0 Å². The van der Waals surface area contributed by atoms with E-state index in [2.05, 4.69) is 14.7 Å². The van der Waals surface area contributed by atoms with Crippen molar-refractivity contribution in [3.8, 4) is 11.5 Å². The highest BCUT2D eigenvalue weighted by molar-refractivity contribution is 7.92. The van der Waals surface area contributed by atoms with E-state index in [1.165, 1.54) is 20.3 Å². The number of nitrogens with one attached hydrogen (secondary N) is 1. The van der Waals surface area contributed by atoms with Crippen molar-refractivity contribution in [2.75, 3.05) is 24.7 Å². The Morgan fingerprint density at radius 2 is 1.71 bits per heavy atom. The number of nitrogens with two attached hydrogens (primary N) is 1. The third-order valence-corrected chi connectivity index (χ3v) is 3.93. The number of rotatable bonds is 5. The van der Waals surface area contributed by atoms with Gasteiger partial charge in [-0.05, 0) is 12.1 Å². The van der Waals surface area contributed by atoms with E-state index in [0.29, 0.717) is 17.2 Å². The van der Waals surface area contributed by atoms with Gasteiger partial charge in [-0.2, -0.15) is 0 Å². The van der Waals surface area contributed by atoms with E-state index in [0.717, 1.165) is 12.4 Å². The Morgan fingerprint density at radius 1 is 1.10 bits per heavy atom. The molecular weight excluding hydrogens is 296 g/mol. The lowest BCUT2D eigenvalue weighted by Gasteiger charge is -2.11. The number of ether oxygens (including phenoxy) is 2. The molecule has 1 aromatic carbocycles. The molecule has 112 valence electrons. The second-order valence-corrected chi connectivity index (χ2v) is 5.63. The zero-order valence-corrected chi connectivity index (χ0v) is 12.2. The zero-order valence-electron chi connectivity index (χ0n) is 11.4. The van der Waals surface area contributed by atoms with Gasteiger partial charge in [-0.3, -0.25) is 4.72 Å². The largest absolute Gasteiger partial charge is 0.493 e. The number of hydrogen-bond donors (Lipinski definition) is 2. The SMILES string of the molecule is COc1ccc(NS(=O)(=O)c2cnc(N)nc2)cc1OC. The van der Waals surface area contributed by atoms with Gasteiger partial charge in [0.15, 0.2) is 11.5 Å². The van der Waals surface area contributed by atoms with Crippen molar-refractivity contribution in [2.24, 2.45) is 0 Å². The van der Waals surface area contributed by atoms with Crippen LogP contribution in [-0.4, -0.2) is 32.6 Å². The number of anilines is 2. The standard InChI is InChI=1S/C12H14N4O4S/c1-19-10-4-3-8(5-11(10)20-2)16-21(17,18)9-6-14-12(13)15-7-9/h3-7,16H,1-2H3,(H2,13,14,15). The molecule has 0 saturated carbocycles. The Bertz CT molecular complexity index is 731. The van der Waals surface area contributed by atoms with Crippen LogP contribution in [0.3, 0.4) is 0 Å². The average Bonchev–Trinajstić information content (AvgIpc) is 2.47. The Morgan fingerprint density at radius 3 is 2.29 bits per heavy atom. The molecule has 3 N–H and O–H groups in total. The van der Waals surface area contributed by atoms with Crippen LogP contribution in [0, 0.1) is 0 Å². The molecule has 0 amide bonds. The normalized spacial score (nSPS) is 11.0. The maximum Gasteiger partial charge on any atom is 0.264 e. The first kappa shape index (κ1) is 14.9. The van der Waals surface area contributed by atoms with Gasteiger partial charge in [0.1, 0.15) is 4.90 Å². The number of sulfonamides is 1. The van der Waals surface area contributed by atoms with Gasteiger partial charge in [0.25, 0.3) is 10.0 Å². The van der Waals surface area contributed by atoms with Crippen molar-refractivity contribution in [1.29, 1.82) is 0 Å². The topological polar surface area (TPSA) is 116 Å². The Kier molecular flexibility index (Phi) is 4.13. The predicted octanol–water partition coefficient (Wildman–Crippen LogP) is 0.877. The van der Waals surface area contributed by atoms with Crippen LogP contribution in [0.15, 0.2) is 35.5 Å². The van der Waals surface area contributed by atoms with E-state index in [9.17, 15) is 8.42 Å². The molecule has 9 heteroatoms. The second kappa shape index (κ2) is 5.83. The smallest absolute Gasteiger partial charge is 0.264 e. The van der Waals surface area contributed by atoms with Crippen molar-refractivity contribution in [3.05, 3.63) is 30.6 Å². The van der Waals surface area contributed by atoms with E-state index in [4.69, 9.17) is 15.2 Å². The van der Waals surface area contributed by atoms with Crippen molar-refractivity contribution in [3.63, 3.8) is 0 Å². The summed E-state index contributed by atoms with van der Waals surface area (Å²) in [6, 6.07) is 4.65. The van der Waals surface area contributed by atoms with Crippen LogP contribution in [-0.2, 0) is 10.0 Å². The van der Waals surface area contributed by atoms with Crippen LogP contribution >= 0.6 is 0 Å². The summed E-state index contributed by atoms with van der Waals surface area (Å²) in [7, 11) is -0.846. The minimum Gasteiger partial charge on any atom is -0.493 e. The molecule has 0 bridgehead atoms. The minimum absolute atomic E-state index is 0.0000618. The molecule has 0 atom stereocenters. The fraction of sp³-hybridized carbons (Fsp3) is 0.167. The zero-order chi connectivity index (χ0) is 15.5. The molecule has 21 heavy (non-hydrogen) atoms. The van der Waals surface area contributed by atoms with E-state index >= 15 is 0 Å². The van der Waals surface area contributed by atoms with Crippen LogP contribution in [0.1, 0.15) is 0 Å². The number of hydrogen-bond acceptors (Lipinski definition) is 7. The molecule has 0 unspecified atom stereocenters. The highest BCUT2D eigenvalue weighted by Crippen LogP contribution is 2.30. The maximum atomic E-state index is 12.2. The first-order valence-electron chi connectivity index (χ1n) is 5.78. The fourth-order valence-electron chi connectivity index (χ4n) is 1.58. The van der Waals surface area contributed by atoms with Crippen LogP contribution in [0.2, 0.25) is 0 Å². The van der Waals surface area contributed by atoms with E-state index in [1.54, 1.807) is 12.1 Å². The summed E-state index contributed by atoms with van der Waals surface area (Å²) in [6.45, 7) is 0. The minimum atomic E-state index is -3.80. The first-order chi connectivity index (χ1) is 9.96. The third-order valence-electron chi connectivity index (χ3n) is 2.59. The van der Waals surface area contributed by atoms with Gasteiger partial charge >= 0.3 is 0 Å². The van der Waals surface area contributed by atoms with Crippen molar-refractivity contribution < 1.29 is 17.9 Å². The molecular formula is C12H14N4O4S. The lowest BCUT2D eigenvalue weighted by atomic mass is 10.3. The molecule has 0 fully saturated rings. The summed E-state index contributed by atoms with van der Waals surface area (Å²) >= 11 is 0. The third kappa shape index (κ3) is 3.31. The van der Waals surface area contributed by atoms with E-state index in [-0.39, 0.29) is 10.8 Å². The van der Waals surface area contributed by atoms with Crippen LogP contribution < -0.4 is 19.9 Å². The van der Waals surface area contributed by atoms with Gasteiger partial charge in [0, 0.05) is 6.07 Å². The van der Waals surface area contributed by atoms with Crippen LogP contribution in [0.25, 0.3) is 0 Å². The molecule has 2 rings (SSSR count). The molecule has 2 aromatic rings. The number of nitrogen functional groups attached to an aromatic ring is 1. The number of aromatic nitrogens is 2. The molecule has 0 aliphatic carbocycles. The molecule has 0 aliphatic heterocycles. The maximum absolute atomic E-state index is 12.2. The fourth-order valence-corrected chi connectivity index (χ4v) is 2.52. The van der Waals surface area contributed by atoms with Crippen molar-refractivity contribution in [2.45, 2.75) is 4.90 Å². The quantitative estimate of drug-likeness (QED) is 0.841. The molecule has 0 saturated heterocycles. The van der Waals surface area contributed by atoms with E-state index < -0.39 is 10.0 Å². The summed E-state index contributed by atoms with van der Waals surface area (Å²) in [5, 5.41) is 0. The molecule has 8 nitrogen and oxygen atoms in total. The number of methoxy groups -OCH3 is 2. The van der Waals surface area contributed by atoms with Crippen LogP contribution in [0.5, 0.6) is 11.5 Å². The van der Waals surface area contributed by atoms with Gasteiger partial charge in [-0.25, -0.2) is 18.4 Å². The summed E-state index contributed by atoms with van der Waals surface area (Å²) in [6.07, 6.45) is 2.26. The summed E-state index contributed by atoms with van der Waals surface area (Å²) < 4.78 is 36.9. The average molecular weight is 310 g/mol. The summed E-state index contributed by atoms with van der Waals surface area (Å²) in [4.78, 5) is 7.21. The second-order valence-electron chi connectivity index (χ2n) is 3.95. The molecule has 1 aromatic heterocycles. The summed E-state index contributed by atoms with van der Waals surface area (Å²) in [5.74, 6) is 0.905. The van der Waals surface area contributed by atoms with Crippen LogP contribution in [0.4, 0.5) is 11.6 Å². The number of nitrogens with zero attached hydrogens (tertiary/aromatic N) is 2. The number of benzene rings is 1. The van der Waals surface area contributed by atoms with E-state index in [1.807, 2.05) is 0 Å². The molecule has 0 aliphatic rings. The predicted molar refractivity (Wildman–Crippen MR) is 76.8 cm³/mol. The Balaban J connectivity index is 2.30. The highest BCUT2D eigenvalue weighted by atomic mass is 32.2. The lowest BCUT2D eigenvalue weighted by molar-refractivity contribution is 0.355. The van der Waals surface area contributed by atoms with Crippen molar-refractivity contribution >= 4 is 21.7 Å². The monoisotopic (exact) mass is 310 g/mol. The first-order valence-corrected chi connectivity index (χ1v) is 7.27. The summed E-state index contributed by atoms with van der Waals surface area (Å²) in [5.41, 5.74) is 5.65. The highest BCUT2D eigenvalue weighted by Gasteiger charge is 2.16. The molecule has 0 radical (unpaired) electrons. The van der Waals surface area contributed by atoms with Gasteiger partial charge < -0.3 is 15.2 Å². The Hall–Kier alpha value is -2.55. The van der Waals surface area contributed by atoms with Gasteiger partial charge in [-0.1, -0.05) is 0 Å². The van der Waals surface area contributed by atoms with Crippen molar-refractivity contribution in [1.82, 2.24) is 9.97 Å². The lowest BCUT2D eigenvalue weighted by Crippen LogP contribution is -2.14. The van der Waals surface area contributed by atoms with Gasteiger partial charge in [0.2, 0.25) is 5.95 Å². The molecule has 0 spiro atoms.